The highest BCUT2D eigenvalue weighted by Gasteiger charge is 2.34. The largest absolute Gasteiger partial charge is 0.465 e. The van der Waals surface area contributed by atoms with Gasteiger partial charge in [-0.1, -0.05) is 30.3 Å². The van der Waals surface area contributed by atoms with Gasteiger partial charge < -0.3 is 9.72 Å². The first-order chi connectivity index (χ1) is 13.1. The number of nitrogens with one attached hydrogen (secondary N) is 2. The summed E-state index contributed by atoms with van der Waals surface area (Å²) in [6.45, 7) is 2.10. The summed E-state index contributed by atoms with van der Waals surface area (Å²) in [5.74, 6) is -0.291. The van der Waals surface area contributed by atoms with Crippen molar-refractivity contribution in [1.82, 2.24) is 10.3 Å². The van der Waals surface area contributed by atoms with E-state index in [0.29, 0.717) is 13.0 Å². The van der Waals surface area contributed by atoms with Crippen LogP contribution in [0.2, 0.25) is 0 Å². The molecule has 1 aromatic heterocycles. The maximum Gasteiger partial charge on any atom is 0.323 e. The Hall–Kier alpha value is -3.19. The van der Waals surface area contributed by atoms with Crippen molar-refractivity contribution in [3.05, 3.63) is 75.5 Å². The number of aromatic nitrogens is 1. The van der Waals surface area contributed by atoms with E-state index in [9.17, 15) is 14.9 Å². The summed E-state index contributed by atoms with van der Waals surface area (Å²) in [6, 6.07) is 13.6. The molecule has 0 saturated carbocycles. The average molecular weight is 365 g/mol. The van der Waals surface area contributed by atoms with Gasteiger partial charge in [0.25, 0.3) is 5.69 Å². The molecule has 0 bridgehead atoms. The van der Waals surface area contributed by atoms with E-state index < -0.39 is 11.0 Å². The van der Waals surface area contributed by atoms with E-state index in [4.69, 9.17) is 4.74 Å². The lowest BCUT2D eigenvalue weighted by molar-refractivity contribution is -0.384. The zero-order valence-corrected chi connectivity index (χ0v) is 14.8. The van der Waals surface area contributed by atoms with Crippen LogP contribution in [-0.2, 0) is 16.0 Å². The quantitative estimate of drug-likeness (QED) is 0.420. The number of aromatic amines is 1. The molecule has 2 heterocycles. The first-order valence-electron chi connectivity index (χ1n) is 8.85. The highest BCUT2D eigenvalue weighted by molar-refractivity contribution is 5.87. The summed E-state index contributed by atoms with van der Waals surface area (Å²) in [5.41, 5.74) is 3.94. The number of nitrogens with zero attached hydrogens (tertiary/aromatic N) is 1. The Morgan fingerprint density at radius 3 is 2.67 bits per heavy atom. The Labute approximate surface area is 155 Å². The number of hydrogen-bond donors (Lipinski definition) is 2. The molecule has 27 heavy (non-hydrogen) atoms. The number of nitro benzene ring substituents is 1. The Kier molecular flexibility index (Phi) is 4.37. The minimum absolute atomic E-state index is 0.0355. The van der Waals surface area contributed by atoms with Crippen molar-refractivity contribution in [1.29, 1.82) is 0 Å². The average Bonchev–Trinajstić information content (AvgIpc) is 3.06. The number of hydrogen-bond acceptors (Lipinski definition) is 5. The number of non-ortho nitro benzene ring substituents is 1. The lowest BCUT2D eigenvalue weighted by atomic mass is 9.90. The normalized spacial score (nSPS) is 18.9. The van der Waals surface area contributed by atoms with Crippen LogP contribution in [0.3, 0.4) is 0 Å². The van der Waals surface area contributed by atoms with E-state index in [1.165, 1.54) is 12.1 Å². The number of esters is 1. The molecule has 2 atom stereocenters. The first-order valence-corrected chi connectivity index (χ1v) is 8.85. The van der Waals surface area contributed by atoms with Gasteiger partial charge in [-0.3, -0.25) is 20.2 Å². The second-order valence-corrected chi connectivity index (χ2v) is 6.52. The van der Waals surface area contributed by atoms with Gasteiger partial charge in [0.1, 0.15) is 6.04 Å². The Morgan fingerprint density at radius 2 is 1.96 bits per heavy atom. The second-order valence-electron chi connectivity index (χ2n) is 6.52. The van der Waals surface area contributed by atoms with Gasteiger partial charge in [-0.2, -0.15) is 0 Å². The van der Waals surface area contributed by atoms with Gasteiger partial charge in [0.2, 0.25) is 0 Å². The smallest absolute Gasteiger partial charge is 0.323 e. The van der Waals surface area contributed by atoms with E-state index in [1.807, 2.05) is 24.3 Å². The van der Waals surface area contributed by atoms with Crippen molar-refractivity contribution in [3.63, 3.8) is 0 Å². The van der Waals surface area contributed by atoms with Gasteiger partial charge in [-0.05, 0) is 24.1 Å². The van der Waals surface area contributed by atoms with Crippen LogP contribution >= 0.6 is 0 Å². The van der Waals surface area contributed by atoms with Crippen LogP contribution < -0.4 is 5.32 Å². The highest BCUT2D eigenvalue weighted by Crippen LogP contribution is 2.35. The molecule has 0 fully saturated rings. The van der Waals surface area contributed by atoms with Gasteiger partial charge in [0, 0.05) is 35.2 Å². The molecule has 0 saturated heterocycles. The third-order valence-electron chi connectivity index (χ3n) is 4.92. The molecule has 3 aromatic rings. The molecule has 0 amide bonds. The van der Waals surface area contributed by atoms with Gasteiger partial charge in [0.05, 0.1) is 17.6 Å². The number of nitro groups is 1. The third kappa shape index (κ3) is 3.06. The number of H-pyrrole nitrogens is 1. The Bertz CT molecular complexity index is 1010. The van der Waals surface area contributed by atoms with Crippen LogP contribution in [0.1, 0.15) is 29.8 Å². The van der Waals surface area contributed by atoms with Crippen LogP contribution in [0.4, 0.5) is 5.69 Å². The SMILES string of the molecule is CCOC(=O)[C@@H]1Cc2c([nH]c3ccccc23)[C@H](c2ccc([N+](=O)[O-])cc2)N1. The number of fused-ring (bicyclic) bond motifs is 3. The monoisotopic (exact) mass is 365 g/mol. The fourth-order valence-corrected chi connectivity index (χ4v) is 3.68. The lowest BCUT2D eigenvalue weighted by Gasteiger charge is -2.30. The van der Waals surface area contributed by atoms with E-state index in [0.717, 1.165) is 27.7 Å². The maximum atomic E-state index is 12.4. The maximum absolute atomic E-state index is 12.4. The fourth-order valence-electron chi connectivity index (χ4n) is 3.68. The fraction of sp³-hybridized carbons (Fsp3) is 0.250. The van der Waals surface area contributed by atoms with Gasteiger partial charge in [-0.25, -0.2) is 0 Å². The number of benzene rings is 2. The first kappa shape index (κ1) is 17.2. The molecule has 2 N–H and O–H groups in total. The summed E-state index contributed by atoms with van der Waals surface area (Å²) in [5, 5.41) is 15.4. The standard InChI is InChI=1S/C20H19N3O4/c1-2-27-20(24)17-11-15-14-5-3-4-6-16(14)21-19(15)18(22-17)12-7-9-13(10-8-12)23(25)26/h3-10,17-18,21-22H,2,11H2,1H3/t17-,18-/m0/s1. The van der Waals surface area contributed by atoms with Crippen molar-refractivity contribution < 1.29 is 14.5 Å². The zero-order chi connectivity index (χ0) is 19.0. The number of ether oxygens (including phenoxy) is 1. The summed E-state index contributed by atoms with van der Waals surface area (Å²) < 4.78 is 5.22. The molecule has 4 rings (SSSR count). The van der Waals surface area contributed by atoms with Gasteiger partial charge in [-0.15, -0.1) is 0 Å². The number of carbonyl (C=O) groups is 1. The number of rotatable bonds is 4. The van der Waals surface area contributed by atoms with E-state index in [1.54, 1.807) is 19.1 Å². The van der Waals surface area contributed by atoms with E-state index >= 15 is 0 Å². The molecule has 7 nitrogen and oxygen atoms in total. The van der Waals surface area contributed by atoms with Crippen molar-refractivity contribution in [2.75, 3.05) is 6.61 Å². The van der Waals surface area contributed by atoms with Crippen molar-refractivity contribution >= 4 is 22.6 Å². The molecule has 1 aliphatic heterocycles. The summed E-state index contributed by atoms with van der Waals surface area (Å²) in [7, 11) is 0. The van der Waals surface area contributed by atoms with Crippen LogP contribution in [0.5, 0.6) is 0 Å². The predicted molar refractivity (Wildman–Crippen MR) is 100 cm³/mol. The number of carbonyl (C=O) groups excluding carboxylic acids is 1. The molecule has 0 radical (unpaired) electrons. The summed E-state index contributed by atoms with van der Waals surface area (Å²) in [4.78, 5) is 26.4. The minimum atomic E-state index is -0.475. The van der Waals surface area contributed by atoms with Crippen LogP contribution in [0.15, 0.2) is 48.5 Å². The third-order valence-corrected chi connectivity index (χ3v) is 4.92. The lowest BCUT2D eigenvalue weighted by Crippen LogP contribution is -2.45. The minimum Gasteiger partial charge on any atom is -0.465 e. The van der Waals surface area contributed by atoms with Gasteiger partial charge >= 0.3 is 5.97 Å². The molecule has 1 aliphatic rings. The van der Waals surface area contributed by atoms with Crippen molar-refractivity contribution in [3.8, 4) is 0 Å². The molecule has 0 spiro atoms. The predicted octanol–water partition coefficient (Wildman–Crippen LogP) is 3.24. The molecule has 0 aliphatic carbocycles. The highest BCUT2D eigenvalue weighted by atomic mass is 16.6. The van der Waals surface area contributed by atoms with Crippen molar-refractivity contribution in [2.45, 2.75) is 25.4 Å². The topological polar surface area (TPSA) is 97.3 Å². The Balaban J connectivity index is 1.80. The van der Waals surface area contributed by atoms with Gasteiger partial charge in [0.15, 0.2) is 0 Å². The van der Waals surface area contributed by atoms with Crippen LogP contribution in [0.25, 0.3) is 10.9 Å². The Morgan fingerprint density at radius 1 is 1.22 bits per heavy atom. The summed E-state index contributed by atoms with van der Waals surface area (Å²) >= 11 is 0. The molecular formula is C20H19N3O4. The molecule has 7 heteroatoms. The molecular weight excluding hydrogens is 346 g/mol. The second kappa shape index (κ2) is 6.85. The van der Waals surface area contributed by atoms with Crippen molar-refractivity contribution in [2.24, 2.45) is 0 Å². The van der Waals surface area contributed by atoms with Crippen LogP contribution in [0, 0.1) is 10.1 Å². The molecule has 0 unspecified atom stereocenters. The van der Waals surface area contributed by atoms with E-state index in [-0.39, 0.29) is 17.7 Å². The number of para-hydroxylation sites is 1. The molecule has 2 aromatic carbocycles. The zero-order valence-electron chi connectivity index (χ0n) is 14.8. The molecule has 138 valence electrons. The van der Waals surface area contributed by atoms with E-state index in [2.05, 4.69) is 10.3 Å². The summed E-state index contributed by atoms with van der Waals surface area (Å²) in [6.07, 6.45) is 0.529. The van der Waals surface area contributed by atoms with Crippen LogP contribution in [-0.4, -0.2) is 28.5 Å².